The van der Waals surface area contributed by atoms with E-state index in [9.17, 15) is 9.59 Å². The van der Waals surface area contributed by atoms with Crippen LogP contribution in [0.25, 0.3) is 10.9 Å². The Morgan fingerprint density at radius 3 is 2.73 bits per heavy atom. The molecule has 2 heterocycles. The highest BCUT2D eigenvalue weighted by Gasteiger charge is 2.35. The zero-order valence-electron chi connectivity index (χ0n) is 11.7. The lowest BCUT2D eigenvalue weighted by Crippen LogP contribution is -2.29. The second-order valence-electron chi connectivity index (χ2n) is 5.27. The third-order valence-electron chi connectivity index (χ3n) is 3.89. The fourth-order valence-electron chi connectivity index (χ4n) is 2.81. The van der Waals surface area contributed by atoms with Crippen LogP contribution in [0, 0.1) is 0 Å². The van der Waals surface area contributed by atoms with E-state index in [1.807, 2.05) is 36.4 Å². The molecular weight excluding hydrogens is 276 g/mol. The van der Waals surface area contributed by atoms with Gasteiger partial charge in [-0.3, -0.25) is 14.6 Å². The molecule has 0 fully saturated rings. The summed E-state index contributed by atoms with van der Waals surface area (Å²) in [6.07, 6.45) is 1.75. The van der Waals surface area contributed by atoms with Crippen molar-refractivity contribution in [2.45, 2.75) is 6.54 Å². The number of anilines is 1. The van der Waals surface area contributed by atoms with Crippen molar-refractivity contribution in [3.05, 3.63) is 71.9 Å². The summed E-state index contributed by atoms with van der Waals surface area (Å²) in [5.74, 6) is -0.898. The predicted molar refractivity (Wildman–Crippen MR) is 83.7 cm³/mol. The molecule has 0 atom stereocenters. The van der Waals surface area contributed by atoms with Gasteiger partial charge in [0.1, 0.15) is 0 Å². The van der Waals surface area contributed by atoms with Gasteiger partial charge in [0.25, 0.3) is 11.7 Å². The molecule has 3 aromatic rings. The van der Waals surface area contributed by atoms with E-state index in [0.29, 0.717) is 17.8 Å². The van der Waals surface area contributed by atoms with E-state index in [2.05, 4.69) is 4.98 Å². The minimum atomic E-state index is -0.465. The van der Waals surface area contributed by atoms with Gasteiger partial charge in [-0.25, -0.2) is 0 Å². The lowest BCUT2D eigenvalue weighted by Gasteiger charge is -2.16. The lowest BCUT2D eigenvalue weighted by atomic mass is 10.1. The van der Waals surface area contributed by atoms with Gasteiger partial charge in [-0.05, 0) is 35.9 Å². The quantitative estimate of drug-likeness (QED) is 0.681. The molecule has 0 bridgehead atoms. The summed E-state index contributed by atoms with van der Waals surface area (Å²) in [5, 5.41) is 1.02. The highest BCUT2D eigenvalue weighted by Crippen LogP contribution is 2.30. The molecule has 0 N–H and O–H groups in total. The summed E-state index contributed by atoms with van der Waals surface area (Å²) in [6.45, 7) is 0.381. The molecule has 1 aromatic heterocycles. The number of Topliss-reactive ketones (excluding diaryl/α,β-unsaturated/α-hetero) is 1. The standard InChI is InChI=1S/C18H12N2O2/c21-17-14-5-1-2-6-16(14)20(18(17)22)11-12-7-8-15-13(10-12)4-3-9-19-15/h1-10H,11H2. The van der Waals surface area contributed by atoms with Gasteiger partial charge in [-0.2, -0.15) is 0 Å². The minimum absolute atomic E-state index is 0.381. The van der Waals surface area contributed by atoms with Crippen LogP contribution in [0.5, 0.6) is 0 Å². The van der Waals surface area contributed by atoms with E-state index in [4.69, 9.17) is 0 Å². The maximum Gasteiger partial charge on any atom is 0.299 e. The third-order valence-corrected chi connectivity index (χ3v) is 3.89. The molecule has 22 heavy (non-hydrogen) atoms. The minimum Gasteiger partial charge on any atom is -0.300 e. The van der Waals surface area contributed by atoms with Crippen molar-refractivity contribution in [2.75, 3.05) is 4.90 Å². The van der Waals surface area contributed by atoms with Crippen molar-refractivity contribution < 1.29 is 9.59 Å². The van der Waals surface area contributed by atoms with Crippen LogP contribution in [0.2, 0.25) is 0 Å². The van der Waals surface area contributed by atoms with E-state index in [0.717, 1.165) is 16.5 Å². The summed E-state index contributed by atoms with van der Waals surface area (Å²) in [7, 11) is 0. The van der Waals surface area contributed by atoms with E-state index >= 15 is 0 Å². The summed E-state index contributed by atoms with van der Waals surface area (Å²) in [6, 6.07) is 16.8. The molecule has 2 aromatic carbocycles. The molecule has 0 aliphatic carbocycles. The monoisotopic (exact) mass is 288 g/mol. The van der Waals surface area contributed by atoms with E-state index < -0.39 is 11.7 Å². The summed E-state index contributed by atoms with van der Waals surface area (Å²) in [5.41, 5.74) is 3.05. The zero-order chi connectivity index (χ0) is 15.1. The van der Waals surface area contributed by atoms with Crippen LogP contribution in [0.3, 0.4) is 0 Å². The number of para-hydroxylation sites is 1. The Labute approximate surface area is 127 Å². The normalized spacial score (nSPS) is 13.7. The van der Waals surface area contributed by atoms with Crippen LogP contribution in [0.4, 0.5) is 5.69 Å². The van der Waals surface area contributed by atoms with Gasteiger partial charge in [0.05, 0.1) is 23.3 Å². The second kappa shape index (κ2) is 4.77. The third kappa shape index (κ3) is 1.89. The van der Waals surface area contributed by atoms with Crippen LogP contribution >= 0.6 is 0 Å². The number of fused-ring (bicyclic) bond motifs is 2. The number of nitrogens with zero attached hydrogens (tertiary/aromatic N) is 2. The van der Waals surface area contributed by atoms with E-state index in [1.165, 1.54) is 4.90 Å². The van der Waals surface area contributed by atoms with Crippen LogP contribution in [-0.4, -0.2) is 16.7 Å². The molecule has 1 amide bonds. The highest BCUT2D eigenvalue weighted by atomic mass is 16.2. The molecule has 1 aliphatic rings. The molecule has 4 nitrogen and oxygen atoms in total. The fourth-order valence-corrected chi connectivity index (χ4v) is 2.81. The summed E-state index contributed by atoms with van der Waals surface area (Å²) in [4.78, 5) is 30.0. The molecule has 4 rings (SSSR count). The lowest BCUT2D eigenvalue weighted by molar-refractivity contribution is -0.114. The molecule has 0 spiro atoms. The Bertz CT molecular complexity index is 918. The number of rotatable bonds is 2. The van der Waals surface area contributed by atoms with Gasteiger partial charge in [0, 0.05) is 11.6 Å². The first-order chi connectivity index (χ1) is 10.7. The van der Waals surface area contributed by atoms with E-state index in [-0.39, 0.29) is 0 Å². The number of pyridine rings is 1. The van der Waals surface area contributed by atoms with Crippen LogP contribution in [0.15, 0.2) is 60.8 Å². The molecule has 0 saturated heterocycles. The van der Waals surface area contributed by atoms with Crippen molar-refractivity contribution in [1.29, 1.82) is 0 Å². The van der Waals surface area contributed by atoms with Crippen LogP contribution in [-0.2, 0) is 11.3 Å². The summed E-state index contributed by atoms with van der Waals surface area (Å²) < 4.78 is 0. The number of amides is 1. The Balaban J connectivity index is 1.73. The molecule has 4 heteroatoms. The summed E-state index contributed by atoms with van der Waals surface area (Å²) >= 11 is 0. The number of carbonyl (C=O) groups excluding carboxylic acids is 2. The second-order valence-corrected chi connectivity index (χ2v) is 5.27. The van der Waals surface area contributed by atoms with E-state index in [1.54, 1.807) is 24.4 Å². The van der Waals surface area contributed by atoms with Crippen LogP contribution < -0.4 is 4.90 Å². The molecular formula is C18H12N2O2. The maximum atomic E-state index is 12.2. The van der Waals surface area contributed by atoms with Gasteiger partial charge in [0.15, 0.2) is 0 Å². The van der Waals surface area contributed by atoms with Crippen molar-refractivity contribution in [3.8, 4) is 0 Å². The Hall–Kier alpha value is -3.01. The SMILES string of the molecule is O=C1C(=O)N(Cc2ccc3ncccc3c2)c2ccccc21. The first-order valence-corrected chi connectivity index (χ1v) is 7.03. The first kappa shape index (κ1) is 12.7. The highest BCUT2D eigenvalue weighted by molar-refractivity contribution is 6.52. The Morgan fingerprint density at radius 1 is 0.955 bits per heavy atom. The maximum absolute atomic E-state index is 12.2. The van der Waals surface area contributed by atoms with Crippen LogP contribution in [0.1, 0.15) is 15.9 Å². The topological polar surface area (TPSA) is 50.3 Å². The number of ketones is 1. The number of carbonyl (C=O) groups is 2. The smallest absolute Gasteiger partial charge is 0.299 e. The number of hydrogen-bond acceptors (Lipinski definition) is 3. The first-order valence-electron chi connectivity index (χ1n) is 7.03. The fraction of sp³-hybridized carbons (Fsp3) is 0.0556. The molecule has 0 saturated carbocycles. The largest absolute Gasteiger partial charge is 0.300 e. The average Bonchev–Trinajstić information content (AvgIpc) is 2.80. The Morgan fingerprint density at radius 2 is 1.82 bits per heavy atom. The zero-order valence-corrected chi connectivity index (χ0v) is 11.7. The van der Waals surface area contributed by atoms with Gasteiger partial charge in [-0.1, -0.05) is 24.3 Å². The van der Waals surface area contributed by atoms with Crippen molar-refractivity contribution in [1.82, 2.24) is 4.98 Å². The Kier molecular flexibility index (Phi) is 2.76. The van der Waals surface area contributed by atoms with Gasteiger partial charge in [-0.15, -0.1) is 0 Å². The van der Waals surface area contributed by atoms with Gasteiger partial charge in [0.2, 0.25) is 0 Å². The van der Waals surface area contributed by atoms with Crippen molar-refractivity contribution in [2.24, 2.45) is 0 Å². The van der Waals surface area contributed by atoms with Crippen molar-refractivity contribution >= 4 is 28.3 Å². The average molecular weight is 288 g/mol. The van der Waals surface area contributed by atoms with Gasteiger partial charge < -0.3 is 4.90 Å². The number of benzene rings is 2. The molecule has 106 valence electrons. The predicted octanol–water partition coefficient (Wildman–Crippen LogP) is 2.96. The number of hydrogen-bond donors (Lipinski definition) is 0. The van der Waals surface area contributed by atoms with Gasteiger partial charge >= 0.3 is 0 Å². The molecule has 1 aliphatic heterocycles. The number of aromatic nitrogens is 1. The molecule has 0 radical (unpaired) electrons. The molecule has 0 unspecified atom stereocenters. The van der Waals surface area contributed by atoms with Crippen molar-refractivity contribution in [3.63, 3.8) is 0 Å².